The van der Waals surface area contributed by atoms with E-state index in [-0.39, 0.29) is 5.91 Å². The third-order valence-corrected chi connectivity index (χ3v) is 4.25. The van der Waals surface area contributed by atoms with E-state index >= 15 is 0 Å². The van der Waals surface area contributed by atoms with Gasteiger partial charge in [-0.15, -0.1) is 11.8 Å². The van der Waals surface area contributed by atoms with Gasteiger partial charge in [-0.25, -0.2) is 5.84 Å². The van der Waals surface area contributed by atoms with Crippen LogP contribution in [0.3, 0.4) is 0 Å². The van der Waals surface area contributed by atoms with Gasteiger partial charge in [-0.3, -0.25) is 10.2 Å². The summed E-state index contributed by atoms with van der Waals surface area (Å²) in [5.41, 5.74) is 8.53. The van der Waals surface area contributed by atoms with E-state index in [0.29, 0.717) is 6.42 Å². The van der Waals surface area contributed by atoms with Crippen molar-refractivity contribution in [3.05, 3.63) is 22.7 Å². The summed E-state index contributed by atoms with van der Waals surface area (Å²) in [5, 5.41) is 0. The number of rotatable bonds is 6. The number of anilines is 1. The summed E-state index contributed by atoms with van der Waals surface area (Å²) in [6.07, 6.45) is 2.32. The Labute approximate surface area is 114 Å². The Morgan fingerprint density at radius 2 is 2.18 bits per heavy atom. The summed E-state index contributed by atoms with van der Waals surface area (Å²) in [6.45, 7) is 0. The van der Waals surface area contributed by atoms with Gasteiger partial charge in [0.15, 0.2) is 0 Å². The first-order chi connectivity index (χ1) is 8.13. The number of hydrazine groups is 1. The smallest absolute Gasteiger partial charge is 0.233 e. The molecule has 0 bridgehead atoms. The minimum absolute atomic E-state index is 0.108. The molecule has 0 spiro atoms. The van der Waals surface area contributed by atoms with Crippen LogP contribution in [0.5, 0.6) is 0 Å². The fourth-order valence-corrected chi connectivity index (χ4v) is 2.95. The highest BCUT2D eigenvalue weighted by Crippen LogP contribution is 2.29. The van der Waals surface area contributed by atoms with Gasteiger partial charge in [-0.2, -0.15) is 0 Å². The molecular formula is C11H16BrN3OS. The Morgan fingerprint density at radius 3 is 2.82 bits per heavy atom. The molecular weight excluding hydrogens is 302 g/mol. The van der Waals surface area contributed by atoms with Crippen molar-refractivity contribution in [1.82, 2.24) is 5.43 Å². The third-order valence-electron chi connectivity index (χ3n) is 2.17. The minimum atomic E-state index is -0.108. The molecule has 0 aliphatic rings. The molecule has 1 aromatic carbocycles. The number of amides is 1. The number of hydrogen-bond donors (Lipinski definition) is 3. The van der Waals surface area contributed by atoms with E-state index in [9.17, 15) is 4.79 Å². The number of nitrogens with one attached hydrogen (secondary N) is 1. The number of carbonyl (C=O) groups excluding carboxylic acids is 1. The molecule has 0 radical (unpaired) electrons. The van der Waals surface area contributed by atoms with Crippen LogP contribution in [0.4, 0.5) is 5.69 Å². The monoisotopic (exact) mass is 317 g/mol. The van der Waals surface area contributed by atoms with Crippen molar-refractivity contribution in [3.8, 4) is 0 Å². The number of thioether (sulfide) groups is 1. The maximum atomic E-state index is 10.9. The second-order valence-corrected chi connectivity index (χ2v) is 5.55. The normalized spacial score (nSPS) is 10.2. The average molecular weight is 318 g/mol. The van der Waals surface area contributed by atoms with Gasteiger partial charge in [0.2, 0.25) is 5.91 Å². The summed E-state index contributed by atoms with van der Waals surface area (Å²) >= 11 is 5.22. The van der Waals surface area contributed by atoms with Gasteiger partial charge in [0, 0.05) is 21.5 Å². The van der Waals surface area contributed by atoms with Crippen molar-refractivity contribution in [1.29, 1.82) is 0 Å². The number of benzene rings is 1. The summed E-state index contributed by atoms with van der Waals surface area (Å²) in [5.74, 6) is 5.85. The zero-order valence-electron chi connectivity index (χ0n) is 9.41. The highest BCUT2D eigenvalue weighted by atomic mass is 79.9. The molecule has 0 heterocycles. The van der Waals surface area contributed by atoms with Crippen molar-refractivity contribution in [2.24, 2.45) is 5.84 Å². The van der Waals surface area contributed by atoms with Gasteiger partial charge >= 0.3 is 0 Å². The van der Waals surface area contributed by atoms with Crippen LogP contribution in [0.2, 0.25) is 0 Å². The van der Waals surface area contributed by atoms with E-state index in [1.807, 2.05) is 18.2 Å². The standard InChI is InChI=1S/C11H16BrN3OS/c12-9-7-8(13)4-5-10(9)17-6-2-1-3-11(16)15-14/h4-5,7H,1-3,6,13-14H2,(H,15,16). The molecule has 0 saturated heterocycles. The van der Waals surface area contributed by atoms with Crippen molar-refractivity contribution < 1.29 is 4.79 Å². The fourth-order valence-electron chi connectivity index (χ4n) is 1.28. The summed E-state index contributed by atoms with van der Waals surface area (Å²) in [7, 11) is 0. The second kappa shape index (κ2) is 7.58. The molecule has 0 aliphatic carbocycles. The number of hydrogen-bond acceptors (Lipinski definition) is 4. The van der Waals surface area contributed by atoms with Crippen LogP contribution >= 0.6 is 27.7 Å². The molecule has 0 aliphatic heterocycles. The van der Waals surface area contributed by atoms with E-state index in [2.05, 4.69) is 21.4 Å². The van der Waals surface area contributed by atoms with E-state index in [1.54, 1.807) is 11.8 Å². The van der Waals surface area contributed by atoms with E-state index < -0.39 is 0 Å². The van der Waals surface area contributed by atoms with E-state index in [0.717, 1.165) is 28.8 Å². The number of halogens is 1. The second-order valence-electron chi connectivity index (χ2n) is 3.56. The van der Waals surface area contributed by atoms with Crippen LogP contribution in [0.1, 0.15) is 19.3 Å². The highest BCUT2D eigenvalue weighted by Gasteiger charge is 2.02. The molecule has 17 heavy (non-hydrogen) atoms. The molecule has 0 atom stereocenters. The molecule has 0 unspecified atom stereocenters. The van der Waals surface area contributed by atoms with Crippen molar-refractivity contribution in [3.63, 3.8) is 0 Å². The number of nitrogen functional groups attached to an aromatic ring is 1. The van der Waals surface area contributed by atoms with Crippen LogP contribution in [0, 0.1) is 0 Å². The average Bonchev–Trinajstić information content (AvgIpc) is 2.30. The zero-order valence-corrected chi connectivity index (χ0v) is 11.8. The van der Waals surface area contributed by atoms with E-state index in [1.165, 1.54) is 4.90 Å². The number of carbonyl (C=O) groups is 1. The molecule has 1 aromatic rings. The number of unbranched alkanes of at least 4 members (excludes halogenated alkanes) is 1. The Bertz CT molecular complexity index is 387. The quantitative estimate of drug-likeness (QED) is 0.188. The van der Waals surface area contributed by atoms with Crippen molar-refractivity contribution >= 4 is 39.3 Å². The molecule has 0 saturated carbocycles. The highest BCUT2D eigenvalue weighted by molar-refractivity contribution is 9.10. The van der Waals surface area contributed by atoms with Gasteiger partial charge in [-0.1, -0.05) is 0 Å². The van der Waals surface area contributed by atoms with Gasteiger partial charge in [-0.05, 0) is 52.7 Å². The first kappa shape index (κ1) is 14.3. The first-order valence-corrected chi connectivity index (χ1v) is 7.08. The molecule has 0 aromatic heterocycles. The molecule has 94 valence electrons. The fraction of sp³-hybridized carbons (Fsp3) is 0.364. The molecule has 5 N–H and O–H groups in total. The van der Waals surface area contributed by atoms with Crippen molar-refractivity contribution in [2.75, 3.05) is 11.5 Å². The molecule has 6 heteroatoms. The third kappa shape index (κ3) is 5.43. The summed E-state index contributed by atoms with van der Waals surface area (Å²) in [6, 6.07) is 5.77. The Morgan fingerprint density at radius 1 is 1.41 bits per heavy atom. The largest absolute Gasteiger partial charge is 0.399 e. The van der Waals surface area contributed by atoms with Gasteiger partial charge in [0.05, 0.1) is 0 Å². The Hall–Kier alpha value is -0.720. The van der Waals surface area contributed by atoms with Gasteiger partial charge in [0.25, 0.3) is 0 Å². The van der Waals surface area contributed by atoms with E-state index in [4.69, 9.17) is 11.6 Å². The van der Waals surface area contributed by atoms with Gasteiger partial charge < -0.3 is 5.73 Å². The molecule has 4 nitrogen and oxygen atoms in total. The maximum absolute atomic E-state index is 10.9. The topological polar surface area (TPSA) is 81.1 Å². The Balaban J connectivity index is 2.24. The molecule has 1 amide bonds. The van der Waals surface area contributed by atoms with Gasteiger partial charge in [0.1, 0.15) is 0 Å². The lowest BCUT2D eigenvalue weighted by Gasteiger charge is -2.05. The van der Waals surface area contributed by atoms with Crippen molar-refractivity contribution in [2.45, 2.75) is 24.2 Å². The Kier molecular flexibility index (Phi) is 6.39. The predicted molar refractivity (Wildman–Crippen MR) is 75.5 cm³/mol. The predicted octanol–water partition coefficient (Wildman–Crippen LogP) is 2.28. The number of nitrogens with two attached hydrogens (primary N) is 2. The lowest BCUT2D eigenvalue weighted by Crippen LogP contribution is -2.29. The van der Waals surface area contributed by atoms with Crippen LogP contribution in [-0.2, 0) is 4.79 Å². The minimum Gasteiger partial charge on any atom is -0.399 e. The first-order valence-electron chi connectivity index (χ1n) is 5.30. The molecule has 1 rings (SSSR count). The summed E-state index contributed by atoms with van der Waals surface area (Å²) in [4.78, 5) is 12.0. The lowest BCUT2D eigenvalue weighted by atomic mass is 10.2. The lowest BCUT2D eigenvalue weighted by molar-refractivity contribution is -0.121. The van der Waals surface area contributed by atoms with Crippen LogP contribution in [0.25, 0.3) is 0 Å². The summed E-state index contributed by atoms with van der Waals surface area (Å²) < 4.78 is 1.02. The maximum Gasteiger partial charge on any atom is 0.233 e. The van der Waals surface area contributed by atoms with Crippen LogP contribution in [-0.4, -0.2) is 11.7 Å². The molecule has 0 fully saturated rings. The zero-order chi connectivity index (χ0) is 12.7. The van der Waals surface area contributed by atoms with Crippen LogP contribution in [0.15, 0.2) is 27.6 Å². The SMILES string of the molecule is NNC(=O)CCCCSc1ccc(N)cc1Br. The van der Waals surface area contributed by atoms with Crippen LogP contribution < -0.4 is 17.0 Å².